The highest BCUT2D eigenvalue weighted by Crippen LogP contribution is 2.44. The first-order valence-electron chi connectivity index (χ1n) is 6.01. The van der Waals surface area contributed by atoms with Crippen molar-refractivity contribution < 1.29 is 14.6 Å². The largest absolute Gasteiger partial charge is 0.504 e. The summed E-state index contributed by atoms with van der Waals surface area (Å²) in [7, 11) is 1.54. The number of hydrogen-bond acceptors (Lipinski definition) is 4. The van der Waals surface area contributed by atoms with Gasteiger partial charge in [0, 0.05) is 4.90 Å². The topological polar surface area (TPSA) is 38.7 Å². The van der Waals surface area contributed by atoms with Crippen molar-refractivity contribution in [3.8, 4) is 11.5 Å². The van der Waals surface area contributed by atoms with Gasteiger partial charge in [-0.15, -0.1) is 0 Å². The van der Waals surface area contributed by atoms with Gasteiger partial charge in [0.1, 0.15) is 5.44 Å². The Labute approximate surface area is 116 Å². The maximum absolute atomic E-state index is 9.83. The monoisotopic (exact) mass is 274 g/mol. The molecule has 4 heteroatoms. The first kappa shape index (κ1) is 12.4. The lowest BCUT2D eigenvalue weighted by Crippen LogP contribution is -2.07. The average Bonchev–Trinajstić information content (AvgIpc) is 2.46. The van der Waals surface area contributed by atoms with Gasteiger partial charge >= 0.3 is 0 Å². The van der Waals surface area contributed by atoms with Gasteiger partial charge in [-0.1, -0.05) is 36.0 Å². The number of benzene rings is 2. The van der Waals surface area contributed by atoms with Gasteiger partial charge in [-0.3, -0.25) is 0 Å². The highest BCUT2D eigenvalue weighted by molar-refractivity contribution is 7.99. The lowest BCUT2D eigenvalue weighted by molar-refractivity contribution is 0.0924. The third kappa shape index (κ3) is 2.41. The molecule has 3 nitrogen and oxygen atoms in total. The summed E-state index contributed by atoms with van der Waals surface area (Å²) in [6.07, 6.45) is 0. The SMILES string of the molecule is COc1ccc([C@@H]2OCc3ccccc3S2)cc1O. The second kappa shape index (κ2) is 5.15. The molecule has 0 spiro atoms. The Bertz CT molecular complexity index is 598. The number of fused-ring (bicyclic) bond motifs is 1. The zero-order chi connectivity index (χ0) is 13.2. The molecule has 1 atom stereocenters. The van der Waals surface area contributed by atoms with Crippen molar-refractivity contribution in [1.82, 2.24) is 0 Å². The van der Waals surface area contributed by atoms with E-state index in [2.05, 4.69) is 12.1 Å². The Kier molecular flexibility index (Phi) is 3.36. The number of phenols is 1. The number of hydrogen-bond donors (Lipinski definition) is 1. The Balaban J connectivity index is 1.87. The second-order valence-corrected chi connectivity index (χ2v) is 5.40. The highest BCUT2D eigenvalue weighted by atomic mass is 32.2. The summed E-state index contributed by atoms with van der Waals surface area (Å²) in [5.74, 6) is 0.619. The first-order chi connectivity index (χ1) is 9.28. The van der Waals surface area contributed by atoms with Crippen LogP contribution in [0, 0.1) is 0 Å². The molecule has 1 N–H and O–H groups in total. The van der Waals surface area contributed by atoms with Crippen LogP contribution in [0.3, 0.4) is 0 Å². The molecule has 1 aliphatic rings. The van der Waals surface area contributed by atoms with Crippen LogP contribution in [0.15, 0.2) is 47.4 Å². The van der Waals surface area contributed by atoms with Crippen molar-refractivity contribution in [3.05, 3.63) is 53.6 Å². The molecule has 19 heavy (non-hydrogen) atoms. The Hall–Kier alpha value is -1.65. The van der Waals surface area contributed by atoms with Gasteiger partial charge in [-0.05, 0) is 29.3 Å². The molecule has 2 aromatic rings. The molecule has 0 saturated carbocycles. The van der Waals surface area contributed by atoms with E-state index in [0.29, 0.717) is 12.4 Å². The number of methoxy groups -OCH3 is 1. The summed E-state index contributed by atoms with van der Waals surface area (Å²) in [6, 6.07) is 13.6. The fourth-order valence-corrected chi connectivity index (χ4v) is 3.16. The Morgan fingerprint density at radius 3 is 2.89 bits per heavy atom. The lowest BCUT2D eigenvalue weighted by Gasteiger charge is -2.25. The van der Waals surface area contributed by atoms with Gasteiger partial charge in [-0.25, -0.2) is 0 Å². The van der Waals surface area contributed by atoms with Crippen LogP contribution < -0.4 is 4.74 Å². The number of rotatable bonds is 2. The number of phenolic OH excluding ortho intramolecular Hbond substituents is 1. The third-order valence-corrected chi connectivity index (χ3v) is 4.35. The van der Waals surface area contributed by atoms with E-state index in [1.165, 1.54) is 17.6 Å². The molecular weight excluding hydrogens is 260 g/mol. The standard InChI is InChI=1S/C15H14O3S/c1-17-13-7-6-10(8-12(13)16)15-18-9-11-4-2-3-5-14(11)19-15/h2-8,15-16H,9H2,1H3/t15-/m1/s1. The molecule has 0 bridgehead atoms. The van der Waals surface area contributed by atoms with E-state index in [1.54, 1.807) is 23.9 Å². The fourth-order valence-electron chi connectivity index (χ4n) is 2.07. The molecule has 0 amide bonds. The van der Waals surface area contributed by atoms with Crippen molar-refractivity contribution >= 4 is 11.8 Å². The number of ether oxygens (including phenoxy) is 2. The van der Waals surface area contributed by atoms with Gasteiger partial charge < -0.3 is 14.6 Å². The summed E-state index contributed by atoms with van der Waals surface area (Å²) < 4.78 is 10.9. The maximum atomic E-state index is 9.83. The van der Waals surface area contributed by atoms with Gasteiger partial charge in [-0.2, -0.15) is 0 Å². The van der Waals surface area contributed by atoms with Gasteiger partial charge in [0.05, 0.1) is 13.7 Å². The van der Waals surface area contributed by atoms with Crippen molar-refractivity contribution in [2.45, 2.75) is 16.9 Å². The third-order valence-electron chi connectivity index (χ3n) is 3.07. The van der Waals surface area contributed by atoms with Crippen molar-refractivity contribution in [1.29, 1.82) is 0 Å². The minimum Gasteiger partial charge on any atom is -0.504 e. The van der Waals surface area contributed by atoms with Crippen LogP contribution in [0.5, 0.6) is 11.5 Å². The highest BCUT2D eigenvalue weighted by Gasteiger charge is 2.21. The predicted molar refractivity (Wildman–Crippen MR) is 74.5 cm³/mol. The maximum Gasteiger partial charge on any atom is 0.160 e. The Morgan fingerprint density at radius 2 is 2.11 bits per heavy atom. The molecule has 0 unspecified atom stereocenters. The second-order valence-electron chi connectivity index (χ2n) is 4.30. The van der Waals surface area contributed by atoms with Gasteiger partial charge in [0.25, 0.3) is 0 Å². The molecule has 98 valence electrons. The van der Waals surface area contributed by atoms with Crippen LogP contribution in [0.1, 0.15) is 16.6 Å². The first-order valence-corrected chi connectivity index (χ1v) is 6.89. The molecule has 1 aliphatic heterocycles. The van der Waals surface area contributed by atoms with E-state index in [-0.39, 0.29) is 11.2 Å². The number of aromatic hydroxyl groups is 1. The van der Waals surface area contributed by atoms with Crippen LogP contribution in [-0.2, 0) is 11.3 Å². The zero-order valence-electron chi connectivity index (χ0n) is 10.5. The zero-order valence-corrected chi connectivity index (χ0v) is 11.3. The molecule has 2 aromatic carbocycles. The molecule has 0 saturated heterocycles. The van der Waals surface area contributed by atoms with Crippen LogP contribution in [0.4, 0.5) is 0 Å². The lowest BCUT2D eigenvalue weighted by atomic mass is 10.2. The normalized spacial score (nSPS) is 17.8. The molecular formula is C15H14O3S. The predicted octanol–water partition coefficient (Wildman–Crippen LogP) is 3.72. The quantitative estimate of drug-likeness (QED) is 0.905. The van der Waals surface area contributed by atoms with Crippen LogP contribution >= 0.6 is 11.8 Å². The molecule has 0 aliphatic carbocycles. The summed E-state index contributed by atoms with van der Waals surface area (Å²) in [5.41, 5.74) is 2.06. The van der Waals surface area contributed by atoms with E-state index >= 15 is 0 Å². The van der Waals surface area contributed by atoms with Gasteiger partial charge in [0.2, 0.25) is 0 Å². The van der Waals surface area contributed by atoms with E-state index in [9.17, 15) is 5.11 Å². The fraction of sp³-hybridized carbons (Fsp3) is 0.200. The summed E-state index contributed by atoms with van der Waals surface area (Å²) in [5, 5.41) is 9.83. The molecule has 3 rings (SSSR count). The van der Waals surface area contributed by atoms with E-state index in [4.69, 9.17) is 9.47 Å². The Morgan fingerprint density at radius 1 is 1.26 bits per heavy atom. The molecule has 0 aromatic heterocycles. The average molecular weight is 274 g/mol. The van der Waals surface area contributed by atoms with E-state index < -0.39 is 0 Å². The number of thioether (sulfide) groups is 1. The smallest absolute Gasteiger partial charge is 0.160 e. The molecule has 1 heterocycles. The summed E-state index contributed by atoms with van der Waals surface area (Å²) in [6.45, 7) is 0.598. The summed E-state index contributed by atoms with van der Waals surface area (Å²) >= 11 is 1.66. The van der Waals surface area contributed by atoms with E-state index in [1.807, 2.05) is 18.2 Å². The van der Waals surface area contributed by atoms with E-state index in [0.717, 1.165) is 5.56 Å². The van der Waals surface area contributed by atoms with Crippen molar-refractivity contribution in [3.63, 3.8) is 0 Å². The van der Waals surface area contributed by atoms with Crippen LogP contribution in [0.2, 0.25) is 0 Å². The summed E-state index contributed by atoms with van der Waals surface area (Å²) in [4.78, 5) is 1.23. The molecule has 0 fully saturated rings. The van der Waals surface area contributed by atoms with Crippen molar-refractivity contribution in [2.24, 2.45) is 0 Å². The minimum absolute atomic E-state index is 0.0910. The minimum atomic E-state index is -0.0910. The van der Waals surface area contributed by atoms with Gasteiger partial charge in [0.15, 0.2) is 11.5 Å². The molecule has 0 radical (unpaired) electrons. The van der Waals surface area contributed by atoms with Crippen molar-refractivity contribution in [2.75, 3.05) is 7.11 Å². The van der Waals surface area contributed by atoms with Crippen LogP contribution in [0.25, 0.3) is 0 Å². The van der Waals surface area contributed by atoms with Crippen LogP contribution in [-0.4, -0.2) is 12.2 Å².